The summed E-state index contributed by atoms with van der Waals surface area (Å²) in [6, 6.07) is 5.88. The van der Waals surface area contributed by atoms with Gasteiger partial charge in [-0.2, -0.15) is 0 Å². The molecule has 118 valence electrons. The maximum atomic E-state index is 11.7. The van der Waals surface area contributed by atoms with Crippen LogP contribution in [0.1, 0.15) is 32.8 Å². The largest absolute Gasteiger partial charge is 0.493 e. The van der Waals surface area contributed by atoms with Crippen LogP contribution < -0.4 is 20.5 Å². The highest BCUT2D eigenvalue weighted by Gasteiger charge is 2.10. The number of benzene rings is 1. The summed E-state index contributed by atoms with van der Waals surface area (Å²) in [6.07, 6.45) is 1.66. The highest BCUT2D eigenvalue weighted by molar-refractivity contribution is 5.77. The van der Waals surface area contributed by atoms with Crippen LogP contribution in [0.15, 0.2) is 18.2 Å². The fourth-order valence-electron chi connectivity index (χ4n) is 1.89. The normalized spacial score (nSPS) is 13.4. The van der Waals surface area contributed by atoms with E-state index in [1.165, 1.54) is 0 Å². The smallest absolute Gasteiger partial charge is 0.258 e. The predicted molar refractivity (Wildman–Crippen MR) is 83.7 cm³/mol. The van der Waals surface area contributed by atoms with Gasteiger partial charge >= 0.3 is 0 Å². The second-order valence-electron chi connectivity index (χ2n) is 5.33. The van der Waals surface area contributed by atoms with Crippen molar-refractivity contribution in [3.05, 3.63) is 23.8 Å². The standard InChI is InChI=1S/C16H26N2O3/c1-5-12(3)18-16(19)10-21-14-7-6-13(8-11(2)17)9-15(14)20-4/h6-7,9,11-12H,5,8,10,17H2,1-4H3,(H,18,19). The number of nitrogens with one attached hydrogen (secondary N) is 1. The van der Waals surface area contributed by atoms with Crippen LogP contribution >= 0.6 is 0 Å². The number of nitrogens with two attached hydrogens (primary N) is 1. The van der Waals surface area contributed by atoms with E-state index in [0.29, 0.717) is 11.5 Å². The van der Waals surface area contributed by atoms with Gasteiger partial charge in [-0.15, -0.1) is 0 Å². The maximum absolute atomic E-state index is 11.7. The van der Waals surface area contributed by atoms with E-state index in [-0.39, 0.29) is 24.6 Å². The van der Waals surface area contributed by atoms with E-state index in [1.807, 2.05) is 39.0 Å². The molecule has 2 atom stereocenters. The number of carbonyl (C=O) groups is 1. The van der Waals surface area contributed by atoms with Crippen LogP contribution in [-0.2, 0) is 11.2 Å². The van der Waals surface area contributed by atoms with Crippen molar-refractivity contribution in [2.24, 2.45) is 5.73 Å². The Balaban J connectivity index is 2.64. The van der Waals surface area contributed by atoms with E-state index in [2.05, 4.69) is 5.32 Å². The lowest BCUT2D eigenvalue weighted by molar-refractivity contribution is -0.123. The molecule has 0 aromatic heterocycles. The fourth-order valence-corrected chi connectivity index (χ4v) is 1.89. The number of ether oxygens (including phenoxy) is 2. The lowest BCUT2D eigenvalue weighted by Gasteiger charge is -2.14. The van der Waals surface area contributed by atoms with Gasteiger partial charge < -0.3 is 20.5 Å². The molecule has 3 N–H and O–H groups in total. The Kier molecular flexibility index (Phi) is 7.02. The summed E-state index contributed by atoms with van der Waals surface area (Å²) in [5, 5.41) is 2.85. The monoisotopic (exact) mass is 294 g/mol. The molecular weight excluding hydrogens is 268 g/mol. The van der Waals surface area contributed by atoms with Gasteiger partial charge in [-0.25, -0.2) is 0 Å². The van der Waals surface area contributed by atoms with Crippen LogP contribution in [0.25, 0.3) is 0 Å². The number of carbonyl (C=O) groups excluding carboxylic acids is 1. The van der Waals surface area contributed by atoms with Crippen LogP contribution in [0.5, 0.6) is 11.5 Å². The van der Waals surface area contributed by atoms with Crippen LogP contribution in [0.4, 0.5) is 0 Å². The first-order chi connectivity index (χ1) is 9.96. The summed E-state index contributed by atoms with van der Waals surface area (Å²) in [5.41, 5.74) is 6.87. The SMILES string of the molecule is CCC(C)NC(=O)COc1ccc(CC(C)N)cc1OC. The zero-order chi connectivity index (χ0) is 15.8. The van der Waals surface area contributed by atoms with Crippen molar-refractivity contribution in [3.8, 4) is 11.5 Å². The first-order valence-corrected chi connectivity index (χ1v) is 7.30. The molecule has 0 bridgehead atoms. The molecule has 0 aliphatic carbocycles. The van der Waals surface area contributed by atoms with Gasteiger partial charge in [0.25, 0.3) is 5.91 Å². The number of amides is 1. The summed E-state index contributed by atoms with van der Waals surface area (Å²) >= 11 is 0. The zero-order valence-corrected chi connectivity index (χ0v) is 13.3. The first kappa shape index (κ1) is 17.3. The van der Waals surface area contributed by atoms with Crippen LogP contribution in [0.2, 0.25) is 0 Å². The van der Waals surface area contributed by atoms with Crippen molar-refractivity contribution in [1.82, 2.24) is 5.32 Å². The van der Waals surface area contributed by atoms with Crippen LogP contribution in [0, 0.1) is 0 Å². The molecule has 0 radical (unpaired) electrons. The molecule has 0 fully saturated rings. The topological polar surface area (TPSA) is 73.6 Å². The van der Waals surface area contributed by atoms with Gasteiger partial charge in [0, 0.05) is 12.1 Å². The maximum Gasteiger partial charge on any atom is 0.258 e. The third kappa shape index (κ3) is 6.04. The molecule has 21 heavy (non-hydrogen) atoms. The van der Waals surface area contributed by atoms with Gasteiger partial charge in [-0.3, -0.25) is 4.79 Å². The van der Waals surface area contributed by atoms with E-state index in [9.17, 15) is 4.79 Å². The molecule has 1 aromatic rings. The molecule has 1 rings (SSSR count). The van der Waals surface area contributed by atoms with Crippen molar-refractivity contribution in [1.29, 1.82) is 0 Å². The van der Waals surface area contributed by atoms with Crippen LogP contribution in [0.3, 0.4) is 0 Å². The zero-order valence-electron chi connectivity index (χ0n) is 13.3. The van der Waals surface area contributed by atoms with E-state index < -0.39 is 0 Å². The van der Waals surface area contributed by atoms with E-state index in [0.717, 1.165) is 18.4 Å². The molecular formula is C16H26N2O3. The highest BCUT2D eigenvalue weighted by atomic mass is 16.5. The van der Waals surface area contributed by atoms with Gasteiger partial charge in [0.1, 0.15) is 0 Å². The molecule has 0 aliphatic heterocycles. The Morgan fingerprint density at radius 1 is 1.33 bits per heavy atom. The highest BCUT2D eigenvalue weighted by Crippen LogP contribution is 2.28. The molecule has 0 aliphatic rings. The van der Waals surface area contributed by atoms with Gasteiger partial charge in [-0.1, -0.05) is 13.0 Å². The summed E-state index contributed by atoms with van der Waals surface area (Å²) in [5.74, 6) is 1.04. The summed E-state index contributed by atoms with van der Waals surface area (Å²) < 4.78 is 10.8. The molecule has 5 nitrogen and oxygen atoms in total. The molecule has 0 saturated heterocycles. The quantitative estimate of drug-likeness (QED) is 0.768. The molecule has 0 heterocycles. The average molecular weight is 294 g/mol. The number of rotatable bonds is 8. The van der Waals surface area contributed by atoms with E-state index >= 15 is 0 Å². The second kappa shape index (κ2) is 8.52. The fraction of sp³-hybridized carbons (Fsp3) is 0.562. The molecule has 2 unspecified atom stereocenters. The Morgan fingerprint density at radius 2 is 2.05 bits per heavy atom. The lowest BCUT2D eigenvalue weighted by atomic mass is 10.1. The van der Waals surface area contributed by atoms with Gasteiger partial charge in [0.2, 0.25) is 0 Å². The van der Waals surface area contributed by atoms with Crippen molar-refractivity contribution < 1.29 is 14.3 Å². The minimum Gasteiger partial charge on any atom is -0.493 e. The summed E-state index contributed by atoms with van der Waals surface area (Å²) in [6.45, 7) is 5.91. The van der Waals surface area contributed by atoms with Crippen molar-refractivity contribution in [3.63, 3.8) is 0 Å². The van der Waals surface area contributed by atoms with Crippen molar-refractivity contribution in [2.45, 2.75) is 45.7 Å². The van der Waals surface area contributed by atoms with Gasteiger partial charge in [0.05, 0.1) is 7.11 Å². The second-order valence-corrected chi connectivity index (χ2v) is 5.33. The minimum atomic E-state index is -0.133. The van der Waals surface area contributed by atoms with Crippen LogP contribution in [-0.4, -0.2) is 31.7 Å². The first-order valence-electron chi connectivity index (χ1n) is 7.30. The average Bonchev–Trinajstić information content (AvgIpc) is 2.44. The Morgan fingerprint density at radius 3 is 2.62 bits per heavy atom. The molecule has 5 heteroatoms. The molecule has 1 amide bonds. The molecule has 0 spiro atoms. The predicted octanol–water partition coefficient (Wildman–Crippen LogP) is 1.88. The molecule has 0 saturated carbocycles. The number of hydrogen-bond acceptors (Lipinski definition) is 4. The number of methoxy groups -OCH3 is 1. The third-order valence-electron chi connectivity index (χ3n) is 3.16. The van der Waals surface area contributed by atoms with Gasteiger partial charge in [-0.05, 0) is 44.4 Å². The Bertz CT molecular complexity index is 461. The van der Waals surface area contributed by atoms with Gasteiger partial charge in [0.15, 0.2) is 18.1 Å². The minimum absolute atomic E-state index is 0.0205. The molecule has 1 aromatic carbocycles. The van der Waals surface area contributed by atoms with Crippen molar-refractivity contribution in [2.75, 3.05) is 13.7 Å². The van der Waals surface area contributed by atoms with E-state index in [4.69, 9.17) is 15.2 Å². The summed E-state index contributed by atoms with van der Waals surface area (Å²) in [4.78, 5) is 11.7. The Labute approximate surface area is 126 Å². The Hall–Kier alpha value is -1.75. The number of hydrogen-bond donors (Lipinski definition) is 2. The lowest BCUT2D eigenvalue weighted by Crippen LogP contribution is -2.35. The third-order valence-corrected chi connectivity index (χ3v) is 3.16. The van der Waals surface area contributed by atoms with E-state index in [1.54, 1.807) is 7.11 Å². The summed E-state index contributed by atoms with van der Waals surface area (Å²) in [7, 11) is 1.58. The van der Waals surface area contributed by atoms with Crippen molar-refractivity contribution >= 4 is 5.91 Å².